The van der Waals surface area contributed by atoms with Gasteiger partial charge in [-0.05, 0) is 95.1 Å². The van der Waals surface area contributed by atoms with E-state index in [-0.39, 0.29) is 11.8 Å². The molecule has 46 heavy (non-hydrogen) atoms. The van der Waals surface area contributed by atoms with Gasteiger partial charge in [0.05, 0.1) is 22.1 Å². The van der Waals surface area contributed by atoms with E-state index < -0.39 is 0 Å². The summed E-state index contributed by atoms with van der Waals surface area (Å²) in [4.78, 5) is 39.4. The lowest BCUT2D eigenvalue weighted by Gasteiger charge is -2.08. The van der Waals surface area contributed by atoms with E-state index >= 15 is 0 Å². The van der Waals surface area contributed by atoms with Crippen LogP contribution in [0.5, 0.6) is 0 Å². The Morgan fingerprint density at radius 2 is 1.00 bits per heavy atom. The van der Waals surface area contributed by atoms with E-state index in [0.29, 0.717) is 25.9 Å². The van der Waals surface area contributed by atoms with E-state index in [4.69, 9.17) is 9.97 Å². The van der Waals surface area contributed by atoms with Crippen LogP contribution >= 0.6 is 0 Å². The van der Waals surface area contributed by atoms with Crippen LogP contribution in [0, 0.1) is 0 Å². The van der Waals surface area contributed by atoms with Gasteiger partial charge in [-0.25, -0.2) is 9.97 Å². The standard InChI is InChI=1S/C38H42N6O2/c1-3-37(45)39-19-7-5-9-35-41-31-17-15-28(23-33(31)43-35)26-13-11-25-12-14-27(22-30(25)21-26)29-16-18-32-34(24-29)44-36(42-32)10-6-8-20-40-38(46)4-2/h11-18,21-24H,3-10,19-20H2,1-2H3,(H,39,45)(H,40,46)(H,41,43)(H,42,44). The van der Waals surface area contributed by atoms with Gasteiger partial charge < -0.3 is 20.6 Å². The number of aromatic nitrogens is 4. The molecule has 0 atom stereocenters. The third kappa shape index (κ3) is 7.45. The predicted molar refractivity (Wildman–Crippen MR) is 187 cm³/mol. The largest absolute Gasteiger partial charge is 0.356 e. The number of amides is 2. The molecule has 0 aliphatic heterocycles. The number of unbranched alkanes of at least 4 members (excludes halogenated alkanes) is 2. The molecule has 4 aromatic carbocycles. The fourth-order valence-corrected chi connectivity index (χ4v) is 5.87. The second kappa shape index (κ2) is 14.4. The average molecular weight is 615 g/mol. The first-order chi connectivity index (χ1) is 22.5. The van der Waals surface area contributed by atoms with Crippen molar-refractivity contribution in [1.29, 1.82) is 0 Å². The maximum Gasteiger partial charge on any atom is 0.219 e. The molecule has 0 aliphatic rings. The van der Waals surface area contributed by atoms with Crippen molar-refractivity contribution in [3.8, 4) is 22.3 Å². The van der Waals surface area contributed by atoms with Crippen LogP contribution in [0.15, 0.2) is 72.8 Å². The second-order valence-corrected chi connectivity index (χ2v) is 11.9. The van der Waals surface area contributed by atoms with Gasteiger partial charge in [0.2, 0.25) is 11.8 Å². The summed E-state index contributed by atoms with van der Waals surface area (Å²) in [7, 11) is 0. The third-order valence-corrected chi connectivity index (χ3v) is 8.54. The van der Waals surface area contributed by atoms with Gasteiger partial charge in [0.25, 0.3) is 0 Å². The number of imidazole rings is 2. The van der Waals surface area contributed by atoms with Gasteiger partial charge in [-0.1, -0.05) is 50.2 Å². The van der Waals surface area contributed by atoms with E-state index in [0.717, 1.165) is 94.5 Å². The molecule has 8 nitrogen and oxygen atoms in total. The molecule has 0 fully saturated rings. The lowest BCUT2D eigenvalue weighted by Crippen LogP contribution is -2.23. The summed E-state index contributed by atoms with van der Waals surface area (Å²) in [5, 5.41) is 8.26. The molecule has 6 aromatic rings. The minimum atomic E-state index is 0.102. The van der Waals surface area contributed by atoms with E-state index in [1.807, 2.05) is 13.8 Å². The molecule has 2 amide bonds. The molecule has 2 aromatic heterocycles. The zero-order chi connectivity index (χ0) is 31.9. The third-order valence-electron chi connectivity index (χ3n) is 8.54. The summed E-state index contributed by atoms with van der Waals surface area (Å²) in [6.45, 7) is 5.16. The predicted octanol–water partition coefficient (Wildman–Crippen LogP) is 7.62. The highest BCUT2D eigenvalue weighted by Crippen LogP contribution is 2.31. The molecule has 2 heterocycles. The van der Waals surface area contributed by atoms with Crippen molar-refractivity contribution in [1.82, 2.24) is 30.6 Å². The molecule has 236 valence electrons. The number of rotatable bonds is 14. The number of H-pyrrole nitrogens is 2. The number of carbonyl (C=O) groups excluding carboxylic acids is 2. The quantitative estimate of drug-likeness (QED) is 0.0945. The number of hydrogen-bond donors (Lipinski definition) is 4. The first-order valence-electron chi connectivity index (χ1n) is 16.5. The Bertz CT molecular complexity index is 1850. The zero-order valence-corrected chi connectivity index (χ0v) is 26.7. The number of carbonyl (C=O) groups is 2. The van der Waals surface area contributed by atoms with Crippen LogP contribution in [0.1, 0.15) is 64.0 Å². The zero-order valence-electron chi connectivity index (χ0n) is 26.7. The maximum atomic E-state index is 11.4. The Hall–Kier alpha value is -4.98. The minimum Gasteiger partial charge on any atom is -0.356 e. The molecular weight excluding hydrogens is 572 g/mol. The van der Waals surface area contributed by atoms with Gasteiger partial charge in [-0.2, -0.15) is 0 Å². The Balaban J connectivity index is 1.13. The molecule has 4 N–H and O–H groups in total. The summed E-state index contributed by atoms with van der Waals surface area (Å²) < 4.78 is 0. The van der Waals surface area contributed by atoms with Crippen molar-refractivity contribution in [3.05, 3.63) is 84.4 Å². The SMILES string of the molecule is CCC(=O)NCCCCc1nc2ccc(-c3ccc4ccc(-c5ccc6nc(CCCCNC(=O)CC)[nH]c6c5)cc4c3)cc2[nH]1. The van der Waals surface area contributed by atoms with Gasteiger partial charge in [0, 0.05) is 38.8 Å². The normalized spacial score (nSPS) is 11.4. The van der Waals surface area contributed by atoms with Crippen molar-refractivity contribution in [2.24, 2.45) is 0 Å². The summed E-state index contributed by atoms with van der Waals surface area (Å²) in [5.41, 5.74) is 8.65. The van der Waals surface area contributed by atoms with Crippen LogP contribution < -0.4 is 10.6 Å². The average Bonchev–Trinajstić information content (AvgIpc) is 3.69. The Kier molecular flexibility index (Phi) is 9.72. The highest BCUT2D eigenvalue weighted by molar-refractivity contribution is 5.93. The van der Waals surface area contributed by atoms with Crippen LogP contribution in [0.4, 0.5) is 0 Å². The van der Waals surface area contributed by atoms with Crippen molar-refractivity contribution in [2.75, 3.05) is 13.1 Å². The number of benzene rings is 4. The fraction of sp³-hybridized carbons (Fsp3) is 0.316. The molecule has 8 heteroatoms. The first kappa shape index (κ1) is 31.0. The summed E-state index contributed by atoms with van der Waals surface area (Å²) in [6, 6.07) is 26.1. The summed E-state index contributed by atoms with van der Waals surface area (Å²) in [5.74, 6) is 2.17. The van der Waals surface area contributed by atoms with Crippen molar-refractivity contribution < 1.29 is 9.59 Å². The fourth-order valence-electron chi connectivity index (χ4n) is 5.87. The van der Waals surface area contributed by atoms with Crippen LogP contribution in [0.3, 0.4) is 0 Å². The smallest absolute Gasteiger partial charge is 0.219 e. The first-order valence-corrected chi connectivity index (χ1v) is 16.5. The minimum absolute atomic E-state index is 0.102. The van der Waals surface area contributed by atoms with E-state index in [9.17, 15) is 9.59 Å². The van der Waals surface area contributed by atoms with Crippen LogP contribution in [-0.4, -0.2) is 44.8 Å². The van der Waals surface area contributed by atoms with Gasteiger partial charge in [0.1, 0.15) is 11.6 Å². The number of hydrogen-bond acceptors (Lipinski definition) is 4. The monoisotopic (exact) mass is 614 g/mol. The number of aromatic amines is 2. The molecule has 0 spiro atoms. The van der Waals surface area contributed by atoms with Crippen molar-refractivity contribution in [3.63, 3.8) is 0 Å². The number of nitrogens with one attached hydrogen (secondary N) is 4. The van der Waals surface area contributed by atoms with Gasteiger partial charge >= 0.3 is 0 Å². The van der Waals surface area contributed by atoms with E-state index in [1.54, 1.807) is 0 Å². The molecule has 0 saturated carbocycles. The lowest BCUT2D eigenvalue weighted by atomic mass is 9.97. The molecule has 0 bridgehead atoms. The molecule has 6 rings (SSSR count). The van der Waals surface area contributed by atoms with Gasteiger partial charge in [-0.15, -0.1) is 0 Å². The summed E-state index contributed by atoms with van der Waals surface area (Å²) >= 11 is 0. The van der Waals surface area contributed by atoms with Gasteiger partial charge in [0.15, 0.2) is 0 Å². The van der Waals surface area contributed by atoms with Crippen molar-refractivity contribution >= 4 is 44.7 Å². The highest BCUT2D eigenvalue weighted by Gasteiger charge is 2.09. The molecule has 0 aliphatic carbocycles. The van der Waals surface area contributed by atoms with Crippen molar-refractivity contribution in [2.45, 2.75) is 65.2 Å². The molecule has 0 unspecified atom stereocenters. The van der Waals surface area contributed by atoms with Crippen LogP contribution in [-0.2, 0) is 22.4 Å². The number of nitrogens with zero attached hydrogens (tertiary/aromatic N) is 2. The number of aryl methyl sites for hydroxylation is 2. The topological polar surface area (TPSA) is 116 Å². The van der Waals surface area contributed by atoms with Crippen LogP contribution in [0.2, 0.25) is 0 Å². The Morgan fingerprint density at radius 1 is 0.565 bits per heavy atom. The van der Waals surface area contributed by atoms with Gasteiger partial charge in [-0.3, -0.25) is 9.59 Å². The Labute approximate surface area is 269 Å². The molecule has 0 radical (unpaired) electrons. The Morgan fingerprint density at radius 3 is 1.46 bits per heavy atom. The summed E-state index contributed by atoms with van der Waals surface area (Å²) in [6.07, 6.45) is 6.58. The van der Waals surface area contributed by atoms with E-state index in [2.05, 4.69) is 93.4 Å². The molecular formula is C38H42N6O2. The van der Waals surface area contributed by atoms with Crippen LogP contribution in [0.25, 0.3) is 55.1 Å². The molecule has 0 saturated heterocycles. The number of fused-ring (bicyclic) bond motifs is 3. The lowest BCUT2D eigenvalue weighted by molar-refractivity contribution is -0.121. The highest BCUT2D eigenvalue weighted by atomic mass is 16.2. The van der Waals surface area contributed by atoms with E-state index in [1.165, 1.54) is 10.8 Å². The second-order valence-electron chi connectivity index (χ2n) is 11.9. The maximum absolute atomic E-state index is 11.4.